The molecule has 0 amide bonds. The van der Waals surface area contributed by atoms with Gasteiger partial charge in [0.2, 0.25) is 5.71 Å². The summed E-state index contributed by atoms with van der Waals surface area (Å²) in [5, 5.41) is 8.39. The zero-order valence-electron chi connectivity index (χ0n) is 22.8. The molecule has 5 heteroatoms. The van der Waals surface area contributed by atoms with Crippen molar-refractivity contribution < 1.29 is 4.42 Å². The average molecular weight is 568 g/mol. The fourth-order valence-electron chi connectivity index (χ4n) is 6.72. The molecule has 0 saturated heterocycles. The Morgan fingerprint density at radius 3 is 2.40 bits per heavy atom. The van der Waals surface area contributed by atoms with Crippen LogP contribution in [0.5, 0.6) is 0 Å². The molecule has 200 valence electrons. The number of thiophene rings is 1. The summed E-state index contributed by atoms with van der Waals surface area (Å²) in [6, 6.07) is 43.0. The van der Waals surface area contributed by atoms with Crippen LogP contribution >= 0.6 is 11.3 Å². The standard InChI is InChI=1S/C38H21N3OS/c1-2-11-25-22(8-1)16-17-29-35-38(42-36(25)29)40-30(21-39-35)23-9-7-10-24(20-23)41-31-14-5-3-13-28(31)34-32(41)19-18-27-26-12-4-6-15-33(26)43-37(27)34/h1-21H. The summed E-state index contributed by atoms with van der Waals surface area (Å²) in [5.41, 5.74) is 7.41. The third kappa shape index (κ3) is 3.20. The number of fused-ring (bicyclic) bond motifs is 12. The smallest absolute Gasteiger partial charge is 0.246 e. The van der Waals surface area contributed by atoms with E-state index in [1.54, 1.807) is 0 Å². The highest BCUT2D eigenvalue weighted by atomic mass is 32.1. The lowest BCUT2D eigenvalue weighted by Crippen LogP contribution is -1.95. The summed E-state index contributed by atoms with van der Waals surface area (Å²) in [5.74, 6) is 0. The Kier molecular flexibility index (Phi) is 4.57. The Hall–Kier alpha value is -5.52. The molecule has 0 atom stereocenters. The molecule has 43 heavy (non-hydrogen) atoms. The van der Waals surface area contributed by atoms with Gasteiger partial charge in [-0.2, -0.15) is 0 Å². The monoisotopic (exact) mass is 567 g/mol. The van der Waals surface area contributed by atoms with Gasteiger partial charge >= 0.3 is 0 Å². The Morgan fingerprint density at radius 1 is 0.628 bits per heavy atom. The maximum atomic E-state index is 6.33. The van der Waals surface area contributed by atoms with E-state index in [-0.39, 0.29) is 0 Å². The van der Waals surface area contributed by atoms with Crippen molar-refractivity contribution in [1.29, 1.82) is 0 Å². The number of hydrogen-bond donors (Lipinski definition) is 0. The first-order chi connectivity index (χ1) is 21.3. The second kappa shape index (κ2) is 8.51. The van der Waals surface area contributed by atoms with Crippen LogP contribution in [0.1, 0.15) is 0 Å². The van der Waals surface area contributed by atoms with Crippen LogP contribution in [0.15, 0.2) is 132 Å². The van der Waals surface area contributed by atoms with Crippen molar-refractivity contribution in [3.05, 3.63) is 128 Å². The van der Waals surface area contributed by atoms with Gasteiger partial charge in [0.05, 0.1) is 22.9 Å². The fourth-order valence-corrected chi connectivity index (χ4v) is 7.98. The van der Waals surface area contributed by atoms with Crippen LogP contribution in [0.25, 0.3) is 91.9 Å². The first-order valence-electron chi connectivity index (χ1n) is 14.3. The van der Waals surface area contributed by atoms with Crippen molar-refractivity contribution in [2.75, 3.05) is 0 Å². The topological polar surface area (TPSA) is 43.9 Å². The van der Waals surface area contributed by atoms with Crippen molar-refractivity contribution in [2.45, 2.75) is 0 Å². The number of aromatic nitrogens is 3. The molecule has 0 aliphatic heterocycles. The first kappa shape index (κ1) is 23.1. The maximum Gasteiger partial charge on any atom is 0.246 e. The van der Waals surface area contributed by atoms with Crippen molar-refractivity contribution in [3.63, 3.8) is 0 Å². The third-order valence-corrected chi connectivity index (χ3v) is 9.86. The predicted molar refractivity (Wildman–Crippen MR) is 179 cm³/mol. The summed E-state index contributed by atoms with van der Waals surface area (Å²) >= 11 is 1.88. The Bertz CT molecular complexity index is 2750. The van der Waals surface area contributed by atoms with Gasteiger partial charge in [0.1, 0.15) is 11.1 Å². The van der Waals surface area contributed by atoms with E-state index in [2.05, 4.69) is 114 Å². The fraction of sp³-hybridized carbons (Fsp3) is 0. The number of nitrogens with zero attached hydrogens (tertiary/aromatic N) is 3. The van der Waals surface area contributed by atoms with Gasteiger partial charge in [-0.1, -0.05) is 84.9 Å². The van der Waals surface area contributed by atoms with Gasteiger partial charge in [0, 0.05) is 53.0 Å². The van der Waals surface area contributed by atoms with Crippen LogP contribution in [0.4, 0.5) is 0 Å². The largest absolute Gasteiger partial charge is 0.436 e. The molecule has 0 bridgehead atoms. The van der Waals surface area contributed by atoms with Gasteiger partial charge in [-0.05, 0) is 41.8 Å². The van der Waals surface area contributed by atoms with Gasteiger partial charge in [-0.25, -0.2) is 9.97 Å². The third-order valence-electron chi connectivity index (χ3n) is 8.65. The van der Waals surface area contributed by atoms with Crippen LogP contribution < -0.4 is 0 Å². The van der Waals surface area contributed by atoms with Gasteiger partial charge in [0.25, 0.3) is 0 Å². The highest BCUT2D eigenvalue weighted by Crippen LogP contribution is 2.43. The molecule has 10 aromatic rings. The van der Waals surface area contributed by atoms with Crippen molar-refractivity contribution >= 4 is 86.3 Å². The molecule has 0 aliphatic rings. The summed E-state index contributed by atoms with van der Waals surface area (Å²) in [4.78, 5) is 9.80. The molecule has 0 unspecified atom stereocenters. The molecule has 6 aromatic carbocycles. The number of hydrogen-bond acceptors (Lipinski definition) is 4. The zero-order chi connectivity index (χ0) is 28.1. The SMILES string of the molecule is c1cc(-c2cnc3c(n2)oc2c4ccccc4ccc32)cc(-n2c3ccccc3c3c4sc5ccccc5c4ccc32)c1. The molecule has 0 N–H and O–H groups in total. The van der Waals surface area contributed by atoms with Crippen LogP contribution in [-0.2, 0) is 0 Å². The number of furan rings is 1. The first-order valence-corrected chi connectivity index (χ1v) is 15.1. The molecule has 0 aliphatic carbocycles. The summed E-state index contributed by atoms with van der Waals surface area (Å²) in [6.45, 7) is 0. The second-order valence-corrected chi connectivity index (χ2v) is 12.1. The van der Waals surface area contributed by atoms with Gasteiger partial charge in [0.15, 0.2) is 0 Å². The highest BCUT2D eigenvalue weighted by Gasteiger charge is 2.18. The number of para-hydroxylation sites is 1. The van der Waals surface area contributed by atoms with Gasteiger partial charge in [-0.15, -0.1) is 11.3 Å². The molecule has 0 fully saturated rings. The minimum absolute atomic E-state index is 0.554. The Balaban J connectivity index is 1.19. The minimum atomic E-state index is 0.554. The molecule has 0 spiro atoms. The number of benzene rings is 6. The van der Waals surface area contributed by atoms with E-state index in [0.29, 0.717) is 5.71 Å². The second-order valence-electron chi connectivity index (χ2n) is 11.0. The lowest BCUT2D eigenvalue weighted by Gasteiger charge is -2.10. The van der Waals surface area contributed by atoms with Crippen molar-refractivity contribution in [3.8, 4) is 16.9 Å². The lowest BCUT2D eigenvalue weighted by molar-refractivity contribution is 0.657. The average Bonchev–Trinajstić information content (AvgIpc) is 3.74. The van der Waals surface area contributed by atoms with E-state index < -0.39 is 0 Å². The normalized spacial score (nSPS) is 12.2. The minimum Gasteiger partial charge on any atom is -0.436 e. The quantitative estimate of drug-likeness (QED) is 0.209. The Labute approximate surface area is 249 Å². The summed E-state index contributed by atoms with van der Waals surface area (Å²) in [6.07, 6.45) is 1.86. The molecule has 0 saturated carbocycles. The van der Waals surface area contributed by atoms with Crippen LogP contribution in [0.3, 0.4) is 0 Å². The van der Waals surface area contributed by atoms with E-state index >= 15 is 0 Å². The maximum absolute atomic E-state index is 6.33. The molecule has 0 radical (unpaired) electrons. The molecular formula is C38H21N3OS. The Morgan fingerprint density at radius 2 is 1.44 bits per heavy atom. The van der Waals surface area contributed by atoms with E-state index in [1.807, 2.05) is 29.7 Å². The van der Waals surface area contributed by atoms with Crippen molar-refractivity contribution in [1.82, 2.24) is 14.5 Å². The summed E-state index contributed by atoms with van der Waals surface area (Å²) < 4.78 is 11.4. The number of rotatable bonds is 2. The van der Waals surface area contributed by atoms with E-state index in [1.165, 1.54) is 42.0 Å². The highest BCUT2D eigenvalue weighted by molar-refractivity contribution is 7.26. The predicted octanol–water partition coefficient (Wildman–Crippen LogP) is 10.7. The van der Waals surface area contributed by atoms with E-state index in [4.69, 9.17) is 14.4 Å². The molecule has 4 aromatic heterocycles. The molecule has 4 heterocycles. The lowest BCUT2D eigenvalue weighted by atomic mass is 10.1. The molecule has 10 rings (SSSR count). The summed E-state index contributed by atoms with van der Waals surface area (Å²) in [7, 11) is 0. The van der Waals surface area contributed by atoms with Crippen LogP contribution in [-0.4, -0.2) is 14.5 Å². The molecule has 4 nitrogen and oxygen atoms in total. The van der Waals surface area contributed by atoms with E-state index in [0.717, 1.165) is 44.2 Å². The molecular weight excluding hydrogens is 547 g/mol. The zero-order valence-corrected chi connectivity index (χ0v) is 23.6. The van der Waals surface area contributed by atoms with Crippen molar-refractivity contribution in [2.24, 2.45) is 0 Å². The van der Waals surface area contributed by atoms with Crippen LogP contribution in [0, 0.1) is 0 Å². The van der Waals surface area contributed by atoms with Gasteiger partial charge in [-0.3, -0.25) is 0 Å². The van der Waals surface area contributed by atoms with E-state index in [9.17, 15) is 0 Å². The van der Waals surface area contributed by atoms with Crippen LogP contribution in [0.2, 0.25) is 0 Å². The van der Waals surface area contributed by atoms with Gasteiger partial charge < -0.3 is 8.98 Å².